The number of ether oxygens (including phenoxy) is 1. The normalized spacial score (nSPS) is 15.2. The molecule has 1 unspecified atom stereocenters. The van der Waals surface area contributed by atoms with Crippen molar-refractivity contribution in [1.82, 2.24) is 9.88 Å². The molecule has 33 heavy (non-hydrogen) atoms. The van der Waals surface area contributed by atoms with Crippen molar-refractivity contribution in [2.24, 2.45) is 0 Å². The number of likely N-dealkylation sites (tertiary alicyclic amines) is 1. The van der Waals surface area contributed by atoms with Crippen molar-refractivity contribution in [1.29, 1.82) is 0 Å². The van der Waals surface area contributed by atoms with Gasteiger partial charge in [0.1, 0.15) is 12.6 Å². The van der Waals surface area contributed by atoms with E-state index in [1.807, 2.05) is 30.3 Å². The van der Waals surface area contributed by atoms with Gasteiger partial charge in [0.25, 0.3) is 5.91 Å². The molecule has 1 atom stereocenters. The van der Waals surface area contributed by atoms with Crippen molar-refractivity contribution in [2.75, 3.05) is 16.8 Å². The standard InChI is InChI=1S/C24H24N4O4S/c1-17(29)26-19-9-11-20(12-10-19)28(23-25-13-15-33-23)22(30)21-8-5-14-27(21)24(31)32-16-18-6-3-2-4-7-18/h2-4,6-7,9-13,15,21H,5,8,14,16H2,1H3,(H,26,29). The number of benzene rings is 2. The zero-order valence-electron chi connectivity index (χ0n) is 18.1. The minimum atomic E-state index is -0.646. The van der Waals surface area contributed by atoms with Crippen LogP contribution in [0.25, 0.3) is 0 Å². The Morgan fingerprint density at radius 1 is 1.15 bits per heavy atom. The van der Waals surface area contributed by atoms with Crippen LogP contribution in [0.5, 0.6) is 0 Å². The van der Waals surface area contributed by atoms with Crippen LogP contribution in [0.1, 0.15) is 25.3 Å². The second-order valence-electron chi connectivity index (χ2n) is 7.61. The Kier molecular flexibility index (Phi) is 6.99. The molecule has 2 aromatic carbocycles. The molecule has 170 valence electrons. The number of nitrogens with one attached hydrogen (secondary N) is 1. The molecule has 0 radical (unpaired) electrons. The van der Waals surface area contributed by atoms with Crippen molar-refractivity contribution in [3.63, 3.8) is 0 Å². The highest BCUT2D eigenvalue weighted by Gasteiger charge is 2.39. The Balaban J connectivity index is 1.53. The van der Waals surface area contributed by atoms with Gasteiger partial charge in [0.05, 0.1) is 5.69 Å². The molecule has 9 heteroatoms. The fraction of sp³-hybridized carbons (Fsp3) is 0.250. The van der Waals surface area contributed by atoms with Crippen LogP contribution in [0.2, 0.25) is 0 Å². The van der Waals surface area contributed by atoms with Gasteiger partial charge < -0.3 is 10.1 Å². The quantitative estimate of drug-likeness (QED) is 0.577. The molecule has 3 amide bonds. The molecule has 0 spiro atoms. The van der Waals surface area contributed by atoms with Gasteiger partial charge in [-0.25, -0.2) is 9.78 Å². The van der Waals surface area contributed by atoms with E-state index in [4.69, 9.17) is 4.74 Å². The average Bonchev–Trinajstić information content (AvgIpc) is 3.52. The number of carbonyl (C=O) groups excluding carboxylic acids is 3. The maximum atomic E-state index is 13.7. The van der Waals surface area contributed by atoms with Crippen LogP contribution in [-0.4, -0.2) is 40.4 Å². The number of anilines is 3. The van der Waals surface area contributed by atoms with E-state index in [2.05, 4.69) is 10.3 Å². The van der Waals surface area contributed by atoms with E-state index in [1.54, 1.807) is 35.8 Å². The fourth-order valence-corrected chi connectivity index (χ4v) is 4.41. The Bertz CT molecular complexity index is 1100. The van der Waals surface area contributed by atoms with Crippen LogP contribution in [0.15, 0.2) is 66.2 Å². The molecular formula is C24H24N4O4S. The van der Waals surface area contributed by atoms with Crippen molar-refractivity contribution >= 4 is 45.8 Å². The third-order valence-electron chi connectivity index (χ3n) is 5.25. The predicted octanol–water partition coefficient (Wildman–Crippen LogP) is 4.57. The van der Waals surface area contributed by atoms with Crippen molar-refractivity contribution in [3.8, 4) is 0 Å². The maximum Gasteiger partial charge on any atom is 0.410 e. The first-order valence-corrected chi connectivity index (χ1v) is 11.5. The summed E-state index contributed by atoms with van der Waals surface area (Å²) < 4.78 is 5.48. The summed E-state index contributed by atoms with van der Waals surface area (Å²) in [6.07, 6.45) is 2.39. The van der Waals surface area contributed by atoms with Crippen molar-refractivity contribution in [2.45, 2.75) is 32.4 Å². The van der Waals surface area contributed by atoms with Crippen LogP contribution in [0, 0.1) is 0 Å². The van der Waals surface area contributed by atoms with Gasteiger partial charge in [0.15, 0.2) is 5.13 Å². The van der Waals surface area contributed by atoms with Gasteiger partial charge in [-0.1, -0.05) is 30.3 Å². The average molecular weight is 465 g/mol. The fourth-order valence-electron chi connectivity index (χ4n) is 3.75. The Morgan fingerprint density at radius 3 is 2.58 bits per heavy atom. The molecule has 1 N–H and O–H groups in total. The number of rotatable bonds is 6. The summed E-state index contributed by atoms with van der Waals surface area (Å²) in [5.41, 5.74) is 2.12. The van der Waals surface area contributed by atoms with E-state index in [0.717, 1.165) is 5.56 Å². The molecule has 1 saturated heterocycles. The molecule has 0 aliphatic carbocycles. The highest BCUT2D eigenvalue weighted by Crippen LogP contribution is 2.32. The van der Waals surface area contributed by atoms with Crippen LogP contribution < -0.4 is 10.2 Å². The van der Waals surface area contributed by atoms with E-state index < -0.39 is 12.1 Å². The molecule has 1 aliphatic heterocycles. The third-order valence-corrected chi connectivity index (χ3v) is 6.01. The summed E-state index contributed by atoms with van der Waals surface area (Å²) in [4.78, 5) is 45.1. The lowest BCUT2D eigenvalue weighted by Gasteiger charge is -2.28. The predicted molar refractivity (Wildman–Crippen MR) is 126 cm³/mol. The maximum absolute atomic E-state index is 13.7. The molecule has 8 nitrogen and oxygen atoms in total. The van der Waals surface area contributed by atoms with Gasteiger partial charge in [0.2, 0.25) is 5.91 Å². The largest absolute Gasteiger partial charge is 0.445 e. The first kappa shape index (κ1) is 22.5. The first-order chi connectivity index (χ1) is 16.0. The van der Waals surface area contributed by atoms with Gasteiger partial charge in [-0.3, -0.25) is 19.4 Å². The van der Waals surface area contributed by atoms with Crippen molar-refractivity contribution in [3.05, 3.63) is 71.7 Å². The molecule has 2 heterocycles. The number of nitrogens with zero attached hydrogens (tertiary/aromatic N) is 3. The first-order valence-electron chi connectivity index (χ1n) is 10.6. The summed E-state index contributed by atoms with van der Waals surface area (Å²) in [6, 6.07) is 15.7. The Labute approximate surface area is 195 Å². The zero-order valence-corrected chi connectivity index (χ0v) is 19.0. The van der Waals surface area contributed by atoms with Crippen LogP contribution >= 0.6 is 11.3 Å². The van der Waals surface area contributed by atoms with E-state index >= 15 is 0 Å². The lowest BCUT2D eigenvalue weighted by atomic mass is 10.1. The second-order valence-corrected chi connectivity index (χ2v) is 8.48. The number of hydrogen-bond acceptors (Lipinski definition) is 6. The van der Waals surface area contributed by atoms with Gasteiger partial charge in [-0.15, -0.1) is 11.3 Å². The number of thiazole rings is 1. The Morgan fingerprint density at radius 2 is 1.91 bits per heavy atom. The van der Waals surface area contributed by atoms with Crippen LogP contribution in [0.4, 0.5) is 21.3 Å². The molecule has 1 aromatic heterocycles. The summed E-state index contributed by atoms with van der Waals surface area (Å²) in [5.74, 6) is -0.419. The number of carbonyl (C=O) groups is 3. The third kappa shape index (κ3) is 5.38. The minimum absolute atomic E-state index is 0.151. The summed E-state index contributed by atoms with van der Waals surface area (Å²) >= 11 is 1.33. The molecule has 4 rings (SSSR count). The number of aromatic nitrogens is 1. The Hall–Kier alpha value is -3.72. The van der Waals surface area contributed by atoms with Gasteiger partial charge >= 0.3 is 6.09 Å². The van der Waals surface area contributed by atoms with E-state index in [0.29, 0.717) is 35.9 Å². The van der Waals surface area contributed by atoms with E-state index in [9.17, 15) is 14.4 Å². The molecule has 1 fully saturated rings. The zero-order chi connectivity index (χ0) is 23.2. The highest BCUT2D eigenvalue weighted by molar-refractivity contribution is 7.13. The summed E-state index contributed by atoms with van der Waals surface area (Å²) in [6.45, 7) is 2.04. The second kappa shape index (κ2) is 10.3. The van der Waals surface area contributed by atoms with E-state index in [-0.39, 0.29) is 18.4 Å². The topological polar surface area (TPSA) is 91.8 Å². The monoisotopic (exact) mass is 464 g/mol. The van der Waals surface area contributed by atoms with E-state index in [1.165, 1.54) is 28.1 Å². The summed E-state index contributed by atoms with van der Waals surface area (Å²) in [7, 11) is 0. The lowest BCUT2D eigenvalue weighted by molar-refractivity contribution is -0.121. The SMILES string of the molecule is CC(=O)Nc1ccc(N(C(=O)C2CCCN2C(=O)OCc2ccccc2)c2nccs2)cc1. The van der Waals surface area contributed by atoms with Gasteiger partial charge in [0, 0.05) is 30.7 Å². The van der Waals surface area contributed by atoms with Crippen LogP contribution in [-0.2, 0) is 20.9 Å². The number of hydrogen-bond donors (Lipinski definition) is 1. The molecular weight excluding hydrogens is 440 g/mol. The van der Waals surface area contributed by atoms with Gasteiger partial charge in [-0.05, 0) is 42.7 Å². The molecule has 3 aromatic rings. The highest BCUT2D eigenvalue weighted by atomic mass is 32.1. The summed E-state index contributed by atoms with van der Waals surface area (Å²) in [5, 5.41) is 5.02. The molecule has 0 saturated carbocycles. The molecule has 0 bridgehead atoms. The van der Waals surface area contributed by atoms with Crippen LogP contribution in [0.3, 0.4) is 0 Å². The lowest BCUT2D eigenvalue weighted by Crippen LogP contribution is -2.46. The smallest absolute Gasteiger partial charge is 0.410 e. The number of amides is 3. The van der Waals surface area contributed by atoms with Crippen molar-refractivity contribution < 1.29 is 19.1 Å². The minimum Gasteiger partial charge on any atom is -0.445 e. The van der Waals surface area contributed by atoms with Gasteiger partial charge in [-0.2, -0.15) is 0 Å². The molecule has 1 aliphatic rings.